The molecule has 0 aliphatic rings. The van der Waals surface area contributed by atoms with Crippen LogP contribution < -0.4 is 0 Å². The Labute approximate surface area is 139 Å². The van der Waals surface area contributed by atoms with Crippen LogP contribution in [0.1, 0.15) is 38.7 Å². The van der Waals surface area contributed by atoms with E-state index in [4.69, 9.17) is 9.47 Å². The molecule has 0 amide bonds. The molecule has 1 aromatic carbocycles. The number of carbonyl (C=O) groups is 2. The molecular weight excluding hydrogens is 383 g/mol. The van der Waals surface area contributed by atoms with Gasteiger partial charge in [-0.3, -0.25) is 9.59 Å². The lowest BCUT2D eigenvalue weighted by atomic mass is 10.2. The molecule has 0 unspecified atom stereocenters. The molecule has 0 saturated carbocycles. The van der Waals surface area contributed by atoms with Crippen molar-refractivity contribution in [3.63, 3.8) is 0 Å². The predicted octanol–water partition coefficient (Wildman–Crippen LogP) is 3.70. The molecule has 0 bridgehead atoms. The molecule has 0 spiro atoms. The molecule has 0 heterocycles. The first-order chi connectivity index (χ1) is 9.99. The van der Waals surface area contributed by atoms with Crippen molar-refractivity contribution in [2.45, 2.75) is 39.7 Å². The van der Waals surface area contributed by atoms with Gasteiger partial charge in [0.25, 0.3) is 0 Å². The number of rotatable bonds is 8. The fraction of sp³-hybridized carbons (Fsp3) is 0.500. The molecule has 116 valence electrons. The van der Waals surface area contributed by atoms with E-state index in [1.807, 2.05) is 38.1 Å². The maximum Gasteiger partial charge on any atom is 0.306 e. The van der Waals surface area contributed by atoms with Gasteiger partial charge in [0.15, 0.2) is 0 Å². The zero-order valence-electron chi connectivity index (χ0n) is 12.4. The molecule has 21 heavy (non-hydrogen) atoms. The summed E-state index contributed by atoms with van der Waals surface area (Å²) in [5, 5.41) is 0. The van der Waals surface area contributed by atoms with E-state index in [0.717, 1.165) is 9.13 Å². The minimum absolute atomic E-state index is 0.236. The van der Waals surface area contributed by atoms with Crippen LogP contribution in [0.4, 0.5) is 0 Å². The molecule has 0 aliphatic carbocycles. The highest BCUT2D eigenvalue weighted by atomic mass is 127. The van der Waals surface area contributed by atoms with Gasteiger partial charge in [0, 0.05) is 22.0 Å². The average molecular weight is 404 g/mol. The normalized spacial score (nSPS) is 10.5. The molecule has 1 rings (SSSR count). The minimum Gasteiger partial charge on any atom is -0.465 e. The van der Waals surface area contributed by atoms with Crippen molar-refractivity contribution in [2.24, 2.45) is 5.92 Å². The van der Waals surface area contributed by atoms with Crippen LogP contribution in [-0.4, -0.2) is 18.5 Å². The predicted molar refractivity (Wildman–Crippen MR) is 88.6 cm³/mol. The van der Waals surface area contributed by atoms with Crippen molar-refractivity contribution >= 4 is 34.5 Å². The Morgan fingerprint density at radius 3 is 2.33 bits per heavy atom. The lowest BCUT2D eigenvalue weighted by molar-refractivity contribution is -0.146. The van der Waals surface area contributed by atoms with Crippen LogP contribution in [0, 0.1) is 9.49 Å². The van der Waals surface area contributed by atoms with Gasteiger partial charge in [-0.2, -0.15) is 0 Å². The molecule has 4 nitrogen and oxygen atoms in total. The van der Waals surface area contributed by atoms with Crippen LogP contribution in [0.2, 0.25) is 0 Å². The summed E-state index contributed by atoms with van der Waals surface area (Å²) in [4.78, 5) is 23.0. The summed E-state index contributed by atoms with van der Waals surface area (Å²) in [7, 11) is 0. The molecule has 0 radical (unpaired) electrons. The van der Waals surface area contributed by atoms with Crippen molar-refractivity contribution < 1.29 is 19.1 Å². The monoisotopic (exact) mass is 404 g/mol. The van der Waals surface area contributed by atoms with E-state index in [9.17, 15) is 9.59 Å². The summed E-state index contributed by atoms with van der Waals surface area (Å²) >= 11 is 2.21. The number of carbonyl (C=O) groups excluding carboxylic acids is 2. The Morgan fingerprint density at radius 1 is 1.10 bits per heavy atom. The first-order valence-electron chi connectivity index (χ1n) is 7.03. The first kappa shape index (κ1) is 17.9. The molecule has 0 N–H and O–H groups in total. The van der Waals surface area contributed by atoms with Crippen LogP contribution >= 0.6 is 22.6 Å². The van der Waals surface area contributed by atoms with Crippen molar-refractivity contribution in [1.82, 2.24) is 0 Å². The fourth-order valence-electron chi connectivity index (χ4n) is 1.55. The van der Waals surface area contributed by atoms with Crippen molar-refractivity contribution in [2.75, 3.05) is 6.61 Å². The highest BCUT2D eigenvalue weighted by Gasteiger charge is 2.09. The lowest BCUT2D eigenvalue weighted by Crippen LogP contribution is -2.11. The second-order valence-electron chi connectivity index (χ2n) is 5.18. The smallest absolute Gasteiger partial charge is 0.306 e. The van der Waals surface area contributed by atoms with Crippen LogP contribution in [0.5, 0.6) is 0 Å². The van der Waals surface area contributed by atoms with Gasteiger partial charge in [-0.15, -0.1) is 0 Å². The second-order valence-corrected chi connectivity index (χ2v) is 6.34. The van der Waals surface area contributed by atoms with E-state index in [1.165, 1.54) is 0 Å². The first-order valence-corrected chi connectivity index (χ1v) is 8.11. The van der Waals surface area contributed by atoms with Gasteiger partial charge in [0.05, 0.1) is 6.61 Å². The quantitative estimate of drug-likeness (QED) is 0.490. The van der Waals surface area contributed by atoms with Gasteiger partial charge in [-0.1, -0.05) is 32.0 Å². The third kappa shape index (κ3) is 8.04. The highest BCUT2D eigenvalue weighted by Crippen LogP contribution is 2.13. The van der Waals surface area contributed by atoms with Gasteiger partial charge in [-0.05, 0) is 41.0 Å². The van der Waals surface area contributed by atoms with Crippen LogP contribution in [-0.2, 0) is 25.7 Å². The number of halogens is 1. The van der Waals surface area contributed by atoms with Crippen molar-refractivity contribution in [3.8, 4) is 0 Å². The average Bonchev–Trinajstić information content (AvgIpc) is 2.44. The zero-order valence-corrected chi connectivity index (χ0v) is 14.6. The summed E-state index contributed by atoms with van der Waals surface area (Å²) in [6.07, 6.45) is 0.951. The Kier molecular flexibility index (Phi) is 8.34. The van der Waals surface area contributed by atoms with Crippen LogP contribution in [0.15, 0.2) is 24.3 Å². The molecule has 5 heteroatoms. The van der Waals surface area contributed by atoms with Crippen LogP contribution in [0.25, 0.3) is 0 Å². The van der Waals surface area contributed by atoms with E-state index in [1.54, 1.807) is 0 Å². The summed E-state index contributed by atoms with van der Waals surface area (Å²) < 4.78 is 11.3. The molecular formula is C16H21IO4. The second kappa shape index (κ2) is 9.76. The molecule has 0 saturated heterocycles. The van der Waals surface area contributed by atoms with E-state index in [0.29, 0.717) is 18.9 Å². The van der Waals surface area contributed by atoms with Gasteiger partial charge < -0.3 is 9.47 Å². The summed E-state index contributed by atoms with van der Waals surface area (Å²) in [5.41, 5.74) is 0.989. The number of hydrogen-bond acceptors (Lipinski definition) is 4. The van der Waals surface area contributed by atoms with Gasteiger partial charge in [-0.25, -0.2) is 0 Å². The van der Waals surface area contributed by atoms with Crippen molar-refractivity contribution in [3.05, 3.63) is 33.4 Å². The van der Waals surface area contributed by atoms with Crippen LogP contribution in [0.3, 0.4) is 0 Å². The zero-order chi connectivity index (χ0) is 15.7. The van der Waals surface area contributed by atoms with Gasteiger partial charge in [0.1, 0.15) is 6.61 Å². The molecule has 0 fully saturated rings. The number of ether oxygens (including phenoxy) is 2. The standard InChI is InChI=1S/C16H21IO4/c1-12(2)10-20-15(18)8-5-9-16(19)21-11-13-6-3-4-7-14(13)17/h3-4,6-7,12H,5,8-11H2,1-2H3. The molecule has 0 aromatic heterocycles. The van der Waals surface area contributed by atoms with Crippen molar-refractivity contribution in [1.29, 1.82) is 0 Å². The summed E-state index contributed by atoms with van der Waals surface area (Å²) in [5.74, 6) is -0.215. The Bertz CT molecular complexity index is 471. The number of esters is 2. The van der Waals surface area contributed by atoms with E-state index in [-0.39, 0.29) is 31.4 Å². The number of benzene rings is 1. The fourth-order valence-corrected chi connectivity index (χ4v) is 2.10. The summed E-state index contributed by atoms with van der Waals surface area (Å²) in [6.45, 7) is 4.66. The molecule has 0 aliphatic heterocycles. The van der Waals surface area contributed by atoms with Gasteiger partial charge in [0.2, 0.25) is 0 Å². The van der Waals surface area contributed by atoms with E-state index < -0.39 is 0 Å². The summed E-state index contributed by atoms with van der Waals surface area (Å²) in [6, 6.07) is 7.75. The third-order valence-corrected chi connectivity index (χ3v) is 3.74. The maximum atomic E-state index is 11.6. The molecule has 1 aromatic rings. The SMILES string of the molecule is CC(C)COC(=O)CCCC(=O)OCc1ccccc1I. The molecule has 0 atom stereocenters. The van der Waals surface area contributed by atoms with E-state index in [2.05, 4.69) is 22.6 Å². The maximum absolute atomic E-state index is 11.6. The lowest BCUT2D eigenvalue weighted by Gasteiger charge is -2.08. The largest absolute Gasteiger partial charge is 0.465 e. The Hall–Kier alpha value is -1.11. The third-order valence-electron chi connectivity index (χ3n) is 2.69. The number of hydrogen-bond donors (Lipinski definition) is 0. The van der Waals surface area contributed by atoms with Gasteiger partial charge >= 0.3 is 11.9 Å². The Balaban J connectivity index is 2.17. The Morgan fingerprint density at radius 2 is 1.71 bits per heavy atom. The minimum atomic E-state index is -0.286. The topological polar surface area (TPSA) is 52.6 Å². The van der Waals surface area contributed by atoms with E-state index >= 15 is 0 Å². The highest BCUT2D eigenvalue weighted by molar-refractivity contribution is 14.1.